The van der Waals surface area contributed by atoms with Crippen LogP contribution in [0.4, 0.5) is 5.69 Å². The van der Waals surface area contributed by atoms with Gasteiger partial charge in [0.2, 0.25) is 0 Å². The standard InChI is InChI=1S/C15H13ClN2O3/c1-10-3-2-4-12(7-10)18-14(19)9-21-15(20)11-5-6-17-13(16)8-11/h2-8H,9H2,1H3,(H,18,19). The molecule has 5 nitrogen and oxygen atoms in total. The number of hydrogen-bond donors (Lipinski definition) is 1. The number of nitrogens with zero attached hydrogens (tertiary/aromatic N) is 1. The van der Waals surface area contributed by atoms with Gasteiger partial charge in [-0.3, -0.25) is 4.79 Å². The van der Waals surface area contributed by atoms with Crippen LogP contribution in [0.25, 0.3) is 0 Å². The Kier molecular flexibility index (Phi) is 4.90. The van der Waals surface area contributed by atoms with Gasteiger partial charge in [-0.1, -0.05) is 23.7 Å². The summed E-state index contributed by atoms with van der Waals surface area (Å²) in [4.78, 5) is 27.2. The van der Waals surface area contributed by atoms with E-state index < -0.39 is 11.9 Å². The number of hydrogen-bond acceptors (Lipinski definition) is 4. The second kappa shape index (κ2) is 6.85. The summed E-state index contributed by atoms with van der Waals surface area (Å²) in [6.07, 6.45) is 1.39. The van der Waals surface area contributed by atoms with Crippen LogP contribution in [0.1, 0.15) is 15.9 Å². The van der Waals surface area contributed by atoms with E-state index in [1.807, 2.05) is 25.1 Å². The van der Waals surface area contributed by atoms with Crippen molar-refractivity contribution in [2.45, 2.75) is 6.92 Å². The number of anilines is 1. The minimum absolute atomic E-state index is 0.189. The van der Waals surface area contributed by atoms with E-state index in [9.17, 15) is 9.59 Å². The highest BCUT2D eigenvalue weighted by Crippen LogP contribution is 2.10. The molecule has 21 heavy (non-hydrogen) atoms. The van der Waals surface area contributed by atoms with Crippen molar-refractivity contribution in [3.63, 3.8) is 0 Å². The topological polar surface area (TPSA) is 68.3 Å². The SMILES string of the molecule is Cc1cccc(NC(=O)COC(=O)c2ccnc(Cl)c2)c1. The van der Waals surface area contributed by atoms with Crippen LogP contribution in [0.15, 0.2) is 42.6 Å². The summed E-state index contributed by atoms with van der Waals surface area (Å²) in [5, 5.41) is 2.83. The number of esters is 1. The van der Waals surface area contributed by atoms with Crippen LogP contribution in [0.3, 0.4) is 0 Å². The predicted octanol–water partition coefficient (Wildman–Crippen LogP) is 2.84. The maximum atomic E-state index is 11.7. The van der Waals surface area contributed by atoms with Crippen molar-refractivity contribution in [3.8, 4) is 0 Å². The molecule has 108 valence electrons. The smallest absolute Gasteiger partial charge is 0.338 e. The largest absolute Gasteiger partial charge is 0.452 e. The van der Waals surface area contributed by atoms with Gasteiger partial charge in [-0.2, -0.15) is 0 Å². The van der Waals surface area contributed by atoms with Crippen molar-refractivity contribution < 1.29 is 14.3 Å². The lowest BCUT2D eigenvalue weighted by molar-refractivity contribution is -0.119. The van der Waals surface area contributed by atoms with Gasteiger partial charge in [-0.15, -0.1) is 0 Å². The molecule has 2 aromatic rings. The van der Waals surface area contributed by atoms with Gasteiger partial charge in [0.25, 0.3) is 5.91 Å². The molecule has 1 aromatic heterocycles. The first kappa shape index (κ1) is 15.0. The van der Waals surface area contributed by atoms with Crippen molar-refractivity contribution in [1.29, 1.82) is 0 Å². The summed E-state index contributed by atoms with van der Waals surface area (Å²) in [6.45, 7) is 1.55. The Bertz CT molecular complexity index is 673. The highest BCUT2D eigenvalue weighted by molar-refractivity contribution is 6.29. The van der Waals surface area contributed by atoms with Gasteiger partial charge in [0.1, 0.15) is 5.15 Å². The summed E-state index contributed by atoms with van der Waals surface area (Å²) in [5.41, 5.74) is 1.93. The van der Waals surface area contributed by atoms with Gasteiger partial charge in [0, 0.05) is 11.9 Å². The molecular formula is C15H13ClN2O3. The number of carbonyl (C=O) groups excluding carboxylic acids is 2. The molecule has 0 aliphatic rings. The molecule has 0 spiro atoms. The zero-order valence-electron chi connectivity index (χ0n) is 11.3. The molecule has 6 heteroatoms. The van der Waals surface area contributed by atoms with Crippen LogP contribution in [0, 0.1) is 6.92 Å². The maximum Gasteiger partial charge on any atom is 0.338 e. The molecular weight excluding hydrogens is 292 g/mol. The molecule has 0 atom stereocenters. The van der Waals surface area contributed by atoms with E-state index in [1.165, 1.54) is 18.3 Å². The molecule has 1 heterocycles. The highest BCUT2D eigenvalue weighted by atomic mass is 35.5. The Balaban J connectivity index is 1.88. The molecule has 0 radical (unpaired) electrons. The van der Waals surface area contributed by atoms with Crippen molar-refractivity contribution in [1.82, 2.24) is 4.98 Å². The number of aryl methyl sites for hydroxylation is 1. The van der Waals surface area contributed by atoms with Crippen LogP contribution in [-0.2, 0) is 9.53 Å². The van der Waals surface area contributed by atoms with Crippen LogP contribution in [0.2, 0.25) is 5.15 Å². The first-order chi connectivity index (χ1) is 10.0. The quantitative estimate of drug-likeness (QED) is 0.696. The van der Waals surface area contributed by atoms with Crippen LogP contribution >= 0.6 is 11.6 Å². The Morgan fingerprint density at radius 2 is 2.10 bits per heavy atom. The fourth-order valence-corrected chi connectivity index (χ4v) is 1.84. The average Bonchev–Trinajstić information content (AvgIpc) is 2.45. The highest BCUT2D eigenvalue weighted by Gasteiger charge is 2.11. The third kappa shape index (κ3) is 4.57. The minimum atomic E-state index is -0.626. The van der Waals surface area contributed by atoms with Crippen LogP contribution in [0.5, 0.6) is 0 Å². The van der Waals surface area contributed by atoms with E-state index >= 15 is 0 Å². The van der Waals surface area contributed by atoms with E-state index in [1.54, 1.807) is 6.07 Å². The normalized spacial score (nSPS) is 10.0. The van der Waals surface area contributed by atoms with Gasteiger partial charge in [0.15, 0.2) is 6.61 Å². The summed E-state index contributed by atoms with van der Waals surface area (Å²) in [5.74, 6) is -1.03. The van der Waals surface area contributed by atoms with Gasteiger partial charge in [-0.05, 0) is 36.8 Å². The first-order valence-electron chi connectivity index (χ1n) is 6.20. The lowest BCUT2D eigenvalue weighted by Gasteiger charge is -2.07. The second-order valence-corrected chi connectivity index (χ2v) is 4.75. The molecule has 1 amide bonds. The van der Waals surface area contributed by atoms with Crippen LogP contribution < -0.4 is 5.32 Å². The van der Waals surface area contributed by atoms with E-state index in [-0.39, 0.29) is 17.3 Å². The monoisotopic (exact) mass is 304 g/mol. The molecule has 0 aliphatic carbocycles. The molecule has 1 aromatic carbocycles. The summed E-state index contributed by atoms with van der Waals surface area (Å²) in [7, 11) is 0. The number of halogens is 1. The number of benzene rings is 1. The first-order valence-corrected chi connectivity index (χ1v) is 6.57. The number of rotatable bonds is 4. The van der Waals surface area contributed by atoms with E-state index in [2.05, 4.69) is 10.3 Å². The number of amides is 1. The lowest BCUT2D eigenvalue weighted by Crippen LogP contribution is -2.21. The van der Waals surface area contributed by atoms with Gasteiger partial charge in [0.05, 0.1) is 5.56 Å². The van der Waals surface area contributed by atoms with Crippen LogP contribution in [-0.4, -0.2) is 23.5 Å². The predicted molar refractivity (Wildman–Crippen MR) is 79.3 cm³/mol. The molecule has 0 bridgehead atoms. The van der Waals surface area contributed by atoms with E-state index in [0.717, 1.165) is 5.56 Å². The summed E-state index contributed by atoms with van der Waals surface area (Å²) >= 11 is 5.68. The Morgan fingerprint density at radius 3 is 2.81 bits per heavy atom. The Morgan fingerprint density at radius 1 is 1.29 bits per heavy atom. The molecule has 2 rings (SSSR count). The lowest BCUT2D eigenvalue weighted by atomic mass is 10.2. The third-order valence-electron chi connectivity index (χ3n) is 2.60. The number of carbonyl (C=O) groups is 2. The molecule has 0 saturated carbocycles. The molecule has 0 fully saturated rings. The van der Waals surface area contributed by atoms with Crippen molar-refractivity contribution in [3.05, 3.63) is 58.9 Å². The minimum Gasteiger partial charge on any atom is -0.452 e. The molecule has 1 N–H and O–H groups in total. The fourth-order valence-electron chi connectivity index (χ4n) is 1.66. The van der Waals surface area contributed by atoms with Crippen molar-refractivity contribution in [2.75, 3.05) is 11.9 Å². The summed E-state index contributed by atoms with van der Waals surface area (Å²) in [6, 6.07) is 10.2. The summed E-state index contributed by atoms with van der Waals surface area (Å²) < 4.78 is 4.91. The number of ether oxygens (including phenoxy) is 1. The van der Waals surface area contributed by atoms with Gasteiger partial charge in [-0.25, -0.2) is 9.78 Å². The number of aromatic nitrogens is 1. The zero-order chi connectivity index (χ0) is 15.2. The Hall–Kier alpha value is -2.40. The van der Waals surface area contributed by atoms with Gasteiger partial charge >= 0.3 is 5.97 Å². The van der Waals surface area contributed by atoms with Gasteiger partial charge < -0.3 is 10.1 Å². The van der Waals surface area contributed by atoms with E-state index in [4.69, 9.17) is 16.3 Å². The average molecular weight is 305 g/mol. The molecule has 0 aliphatic heterocycles. The second-order valence-electron chi connectivity index (χ2n) is 4.36. The zero-order valence-corrected chi connectivity index (χ0v) is 12.1. The van der Waals surface area contributed by atoms with E-state index in [0.29, 0.717) is 5.69 Å². The number of nitrogens with one attached hydrogen (secondary N) is 1. The van der Waals surface area contributed by atoms with Crippen molar-refractivity contribution in [2.24, 2.45) is 0 Å². The fraction of sp³-hybridized carbons (Fsp3) is 0.133. The molecule has 0 saturated heterocycles. The van der Waals surface area contributed by atoms with Crippen molar-refractivity contribution >= 4 is 29.2 Å². The third-order valence-corrected chi connectivity index (χ3v) is 2.81. The molecule has 0 unspecified atom stereocenters. The Labute approximate surface area is 126 Å². The number of pyridine rings is 1. The maximum absolute atomic E-state index is 11.7.